The van der Waals surface area contributed by atoms with Crippen LogP contribution >= 0.6 is 47.2 Å². The molecule has 0 bridgehead atoms. The number of pyridine rings is 1. The van der Waals surface area contributed by atoms with E-state index in [1.165, 1.54) is 0 Å². The maximum atomic E-state index is 6.21. The molecule has 0 spiro atoms. The maximum absolute atomic E-state index is 6.21. The van der Waals surface area contributed by atoms with E-state index in [0.29, 0.717) is 46.4 Å². The monoisotopic (exact) mass is 532 g/mol. The summed E-state index contributed by atoms with van der Waals surface area (Å²) in [5.41, 5.74) is 7.47. The van der Waals surface area contributed by atoms with Crippen LogP contribution in [0.15, 0.2) is 52.1 Å². The minimum Gasteiger partial charge on any atom is -0.370 e. The second-order valence-electron chi connectivity index (χ2n) is 5.78. The van der Waals surface area contributed by atoms with Gasteiger partial charge in [0.25, 0.3) is 5.89 Å². The molecule has 0 aliphatic carbocycles. The van der Waals surface area contributed by atoms with Gasteiger partial charge < -0.3 is 15.6 Å². The number of hydrogen-bond acceptors (Lipinski definition) is 5. The van der Waals surface area contributed by atoms with E-state index in [2.05, 4.69) is 25.4 Å². The zero-order chi connectivity index (χ0) is 19.2. The Bertz CT molecular complexity index is 935. The summed E-state index contributed by atoms with van der Waals surface area (Å²) in [4.78, 5) is 12.8. The minimum atomic E-state index is -0.112. The zero-order valence-corrected chi connectivity index (χ0v) is 18.8. The summed E-state index contributed by atoms with van der Waals surface area (Å²) in [5, 5.41) is 8.19. The third-order valence-electron chi connectivity index (χ3n) is 3.76. The molecular weight excluding hydrogens is 514 g/mol. The Labute approximate surface area is 189 Å². The zero-order valence-electron chi connectivity index (χ0n) is 15.0. The van der Waals surface area contributed by atoms with Crippen LogP contribution in [0.2, 0.25) is 10.0 Å². The van der Waals surface area contributed by atoms with Gasteiger partial charge in [0, 0.05) is 29.2 Å². The Morgan fingerprint density at radius 3 is 2.82 bits per heavy atom. The van der Waals surface area contributed by atoms with E-state index in [1.807, 2.05) is 25.1 Å². The van der Waals surface area contributed by atoms with Crippen LogP contribution in [0.3, 0.4) is 0 Å². The molecule has 0 radical (unpaired) electrons. The number of halogens is 3. The van der Waals surface area contributed by atoms with Crippen molar-refractivity contribution in [1.29, 1.82) is 0 Å². The van der Waals surface area contributed by atoms with Gasteiger partial charge in [0.2, 0.25) is 0 Å². The molecule has 1 aromatic carbocycles. The number of nitrogens with zero attached hydrogens (tertiary/aromatic N) is 4. The summed E-state index contributed by atoms with van der Waals surface area (Å²) in [6.45, 7) is 2.36. The van der Waals surface area contributed by atoms with E-state index >= 15 is 0 Å². The van der Waals surface area contributed by atoms with E-state index in [9.17, 15) is 0 Å². The lowest BCUT2D eigenvalue weighted by Crippen LogP contribution is -2.34. The molecular formula is C18H19Cl2IN6O. The lowest BCUT2D eigenvalue weighted by Gasteiger charge is -2.16. The predicted octanol–water partition coefficient (Wildman–Crippen LogP) is 4.26. The maximum Gasteiger partial charge on any atom is 0.276 e. The summed E-state index contributed by atoms with van der Waals surface area (Å²) in [5.74, 6) is 1.23. The second kappa shape index (κ2) is 10.6. The number of nitrogens with two attached hydrogens (primary N) is 1. The highest BCUT2D eigenvalue weighted by atomic mass is 127. The third kappa shape index (κ3) is 6.05. The molecule has 0 aliphatic heterocycles. The molecule has 10 heteroatoms. The predicted molar refractivity (Wildman–Crippen MR) is 121 cm³/mol. The summed E-state index contributed by atoms with van der Waals surface area (Å²) in [7, 11) is 0. The highest BCUT2D eigenvalue weighted by Crippen LogP contribution is 2.25. The minimum absolute atomic E-state index is 0. The van der Waals surface area contributed by atoms with Crippen molar-refractivity contribution in [3.05, 3.63) is 64.0 Å². The normalized spacial score (nSPS) is 12.3. The lowest BCUT2D eigenvalue weighted by atomic mass is 10.1. The highest BCUT2D eigenvalue weighted by Gasteiger charge is 2.11. The van der Waals surface area contributed by atoms with Crippen molar-refractivity contribution in [1.82, 2.24) is 20.4 Å². The topological polar surface area (TPSA) is 102 Å². The molecule has 0 saturated carbocycles. The lowest BCUT2D eigenvalue weighted by molar-refractivity contribution is 0.421. The van der Waals surface area contributed by atoms with Gasteiger partial charge >= 0.3 is 0 Å². The van der Waals surface area contributed by atoms with Crippen LogP contribution in [0.1, 0.15) is 24.4 Å². The molecule has 28 heavy (non-hydrogen) atoms. The SMILES string of the molecule is CC(NC(N)=NCCc1noc(-c2ccccn2)n1)c1ccc(Cl)cc1Cl.I. The fourth-order valence-electron chi connectivity index (χ4n) is 2.42. The van der Waals surface area contributed by atoms with Gasteiger partial charge in [-0.1, -0.05) is 40.5 Å². The van der Waals surface area contributed by atoms with Crippen LogP contribution in [0.4, 0.5) is 0 Å². The van der Waals surface area contributed by atoms with Crippen LogP contribution in [-0.2, 0) is 6.42 Å². The molecule has 0 saturated heterocycles. The van der Waals surface area contributed by atoms with Crippen molar-refractivity contribution in [2.24, 2.45) is 10.7 Å². The van der Waals surface area contributed by atoms with Crippen LogP contribution in [-0.4, -0.2) is 27.6 Å². The first-order valence-corrected chi connectivity index (χ1v) is 9.04. The molecule has 3 aromatic rings. The number of guanidine groups is 1. The first-order chi connectivity index (χ1) is 13.0. The molecule has 7 nitrogen and oxygen atoms in total. The van der Waals surface area contributed by atoms with Crippen LogP contribution in [0.5, 0.6) is 0 Å². The highest BCUT2D eigenvalue weighted by molar-refractivity contribution is 14.0. The molecule has 0 aliphatic rings. The average Bonchev–Trinajstić information content (AvgIpc) is 3.11. The molecule has 0 fully saturated rings. The van der Waals surface area contributed by atoms with Crippen molar-refractivity contribution in [2.75, 3.05) is 6.54 Å². The molecule has 2 aromatic heterocycles. The molecule has 3 N–H and O–H groups in total. The van der Waals surface area contributed by atoms with E-state index in [1.54, 1.807) is 24.4 Å². The number of nitrogens with one attached hydrogen (secondary N) is 1. The summed E-state index contributed by atoms with van der Waals surface area (Å²) in [6, 6.07) is 10.7. The Morgan fingerprint density at radius 2 is 2.11 bits per heavy atom. The Hall–Kier alpha value is -1.91. The summed E-state index contributed by atoms with van der Waals surface area (Å²) < 4.78 is 5.21. The first-order valence-electron chi connectivity index (χ1n) is 8.28. The van der Waals surface area contributed by atoms with Crippen molar-refractivity contribution in [3.8, 4) is 11.6 Å². The summed E-state index contributed by atoms with van der Waals surface area (Å²) in [6.07, 6.45) is 2.17. The van der Waals surface area contributed by atoms with E-state index in [0.717, 1.165) is 5.56 Å². The van der Waals surface area contributed by atoms with E-state index < -0.39 is 0 Å². The van der Waals surface area contributed by atoms with E-state index in [-0.39, 0.29) is 30.0 Å². The van der Waals surface area contributed by atoms with Gasteiger partial charge in [-0.15, -0.1) is 24.0 Å². The number of benzene rings is 1. The Balaban J connectivity index is 0.00000280. The quantitative estimate of drug-likeness (QED) is 0.279. The molecule has 1 atom stereocenters. The number of aliphatic imine (C=N–C) groups is 1. The fourth-order valence-corrected chi connectivity index (χ4v) is 3.00. The van der Waals surface area contributed by atoms with Crippen molar-refractivity contribution < 1.29 is 4.52 Å². The summed E-state index contributed by atoms with van der Waals surface area (Å²) >= 11 is 12.1. The largest absolute Gasteiger partial charge is 0.370 e. The number of rotatable bonds is 6. The van der Waals surface area contributed by atoms with E-state index in [4.69, 9.17) is 33.5 Å². The van der Waals surface area contributed by atoms with Crippen LogP contribution in [0.25, 0.3) is 11.6 Å². The van der Waals surface area contributed by atoms with Gasteiger partial charge in [0.05, 0.1) is 6.04 Å². The fraction of sp³-hybridized carbons (Fsp3) is 0.222. The van der Waals surface area contributed by atoms with Gasteiger partial charge in [-0.25, -0.2) is 0 Å². The number of aromatic nitrogens is 3. The standard InChI is InChI=1S/C18H18Cl2N6O.HI/c1-11(13-6-5-12(19)10-14(13)20)24-18(21)23-9-7-16-25-17(27-26-16)15-4-2-3-8-22-15;/h2-6,8,10-11H,7,9H2,1H3,(H3,21,23,24);1H. The number of hydrogen-bond donors (Lipinski definition) is 2. The van der Waals surface area contributed by atoms with Gasteiger partial charge in [-0.05, 0) is 36.8 Å². The van der Waals surface area contributed by atoms with Crippen molar-refractivity contribution >= 4 is 53.1 Å². The van der Waals surface area contributed by atoms with Crippen molar-refractivity contribution in [2.45, 2.75) is 19.4 Å². The van der Waals surface area contributed by atoms with Crippen molar-refractivity contribution in [3.63, 3.8) is 0 Å². The molecule has 2 heterocycles. The average molecular weight is 533 g/mol. The van der Waals surface area contributed by atoms with Gasteiger partial charge in [-0.3, -0.25) is 9.98 Å². The third-order valence-corrected chi connectivity index (χ3v) is 4.33. The molecule has 0 amide bonds. The second-order valence-corrected chi connectivity index (χ2v) is 6.62. The smallest absolute Gasteiger partial charge is 0.276 e. The van der Waals surface area contributed by atoms with Gasteiger partial charge in [0.15, 0.2) is 11.8 Å². The molecule has 3 rings (SSSR count). The van der Waals surface area contributed by atoms with Crippen LogP contribution < -0.4 is 11.1 Å². The van der Waals surface area contributed by atoms with Gasteiger partial charge in [0.1, 0.15) is 5.69 Å². The van der Waals surface area contributed by atoms with Gasteiger partial charge in [-0.2, -0.15) is 4.98 Å². The molecule has 148 valence electrons. The Morgan fingerprint density at radius 1 is 1.29 bits per heavy atom. The first kappa shape index (κ1) is 22.4. The Kier molecular flexibility index (Phi) is 8.46. The molecule has 1 unspecified atom stereocenters. The van der Waals surface area contributed by atoms with Crippen LogP contribution in [0, 0.1) is 0 Å².